The molecule has 0 aliphatic heterocycles. The van der Waals surface area contributed by atoms with E-state index in [1.165, 1.54) is 22.7 Å². The van der Waals surface area contributed by atoms with Gasteiger partial charge in [0.2, 0.25) is 0 Å². The second-order valence-electron chi connectivity index (χ2n) is 4.52. The van der Waals surface area contributed by atoms with Crippen LogP contribution < -0.4 is 11.1 Å². The van der Waals surface area contributed by atoms with Crippen LogP contribution in [0.25, 0.3) is 11.1 Å². The van der Waals surface area contributed by atoms with Crippen LogP contribution in [0.4, 0.5) is 5.00 Å². The first kappa shape index (κ1) is 14.5. The molecule has 4 nitrogen and oxygen atoms in total. The van der Waals surface area contributed by atoms with E-state index in [0.717, 1.165) is 11.1 Å². The minimum atomic E-state index is -0.554. The van der Waals surface area contributed by atoms with Crippen molar-refractivity contribution in [1.82, 2.24) is 0 Å². The van der Waals surface area contributed by atoms with Crippen molar-refractivity contribution in [2.75, 3.05) is 5.32 Å². The third-order valence-corrected chi connectivity index (χ3v) is 4.86. The SMILES string of the molecule is NC(=O)c1c(-c2ccccc2)csc1NC(=O)c1cccs1. The zero-order valence-electron chi connectivity index (χ0n) is 11.4. The lowest BCUT2D eigenvalue weighted by atomic mass is 10.0. The Morgan fingerprint density at radius 2 is 1.77 bits per heavy atom. The van der Waals surface area contributed by atoms with Gasteiger partial charge in [-0.25, -0.2) is 0 Å². The van der Waals surface area contributed by atoms with Crippen LogP contribution in [0.1, 0.15) is 20.0 Å². The monoisotopic (exact) mass is 328 g/mol. The van der Waals surface area contributed by atoms with Crippen LogP contribution in [0, 0.1) is 0 Å². The Balaban J connectivity index is 1.97. The van der Waals surface area contributed by atoms with Crippen molar-refractivity contribution in [3.8, 4) is 11.1 Å². The van der Waals surface area contributed by atoms with E-state index in [4.69, 9.17) is 5.73 Å². The first-order valence-corrected chi connectivity index (χ1v) is 8.24. The third kappa shape index (κ3) is 2.79. The number of hydrogen-bond acceptors (Lipinski definition) is 4. The lowest BCUT2D eigenvalue weighted by Gasteiger charge is -2.05. The van der Waals surface area contributed by atoms with Gasteiger partial charge in [-0.15, -0.1) is 22.7 Å². The Bertz CT molecular complexity index is 808. The van der Waals surface area contributed by atoms with E-state index in [9.17, 15) is 9.59 Å². The maximum atomic E-state index is 12.1. The highest BCUT2D eigenvalue weighted by molar-refractivity contribution is 7.15. The van der Waals surface area contributed by atoms with Crippen LogP contribution in [-0.2, 0) is 0 Å². The lowest BCUT2D eigenvalue weighted by molar-refractivity contribution is 0.100. The minimum absolute atomic E-state index is 0.237. The molecule has 1 aromatic carbocycles. The molecule has 2 heterocycles. The van der Waals surface area contributed by atoms with Gasteiger partial charge in [0, 0.05) is 10.9 Å². The molecule has 110 valence electrons. The topological polar surface area (TPSA) is 72.2 Å². The van der Waals surface area contributed by atoms with Crippen molar-refractivity contribution >= 4 is 39.5 Å². The van der Waals surface area contributed by atoms with Crippen LogP contribution in [0.3, 0.4) is 0 Å². The summed E-state index contributed by atoms with van der Waals surface area (Å²) in [7, 11) is 0. The van der Waals surface area contributed by atoms with Crippen molar-refractivity contribution < 1.29 is 9.59 Å². The number of nitrogens with one attached hydrogen (secondary N) is 1. The van der Waals surface area contributed by atoms with E-state index in [1.54, 1.807) is 12.1 Å². The van der Waals surface area contributed by atoms with Gasteiger partial charge in [0.05, 0.1) is 10.4 Å². The number of nitrogens with two attached hydrogens (primary N) is 1. The molecule has 0 fully saturated rings. The minimum Gasteiger partial charge on any atom is -0.365 e. The van der Waals surface area contributed by atoms with Gasteiger partial charge in [-0.1, -0.05) is 36.4 Å². The predicted molar refractivity (Wildman–Crippen MR) is 90.5 cm³/mol. The molecule has 2 amide bonds. The Kier molecular flexibility index (Phi) is 4.04. The number of amides is 2. The van der Waals surface area contributed by atoms with Gasteiger partial charge in [0.1, 0.15) is 5.00 Å². The molecule has 0 saturated carbocycles. The molecule has 0 unspecified atom stereocenters. The summed E-state index contributed by atoms with van der Waals surface area (Å²) >= 11 is 2.64. The molecule has 0 bridgehead atoms. The number of carbonyl (C=O) groups excluding carboxylic acids is 2. The van der Waals surface area contributed by atoms with Crippen molar-refractivity contribution in [2.24, 2.45) is 5.73 Å². The second kappa shape index (κ2) is 6.13. The molecule has 0 spiro atoms. The summed E-state index contributed by atoms with van der Waals surface area (Å²) in [5.41, 5.74) is 7.49. The number of thiophene rings is 2. The fourth-order valence-electron chi connectivity index (χ4n) is 2.10. The fraction of sp³-hybridized carbons (Fsp3) is 0. The smallest absolute Gasteiger partial charge is 0.266 e. The fourth-order valence-corrected chi connectivity index (χ4v) is 3.69. The summed E-state index contributed by atoms with van der Waals surface area (Å²) < 4.78 is 0. The van der Waals surface area contributed by atoms with Gasteiger partial charge < -0.3 is 11.1 Å². The summed E-state index contributed by atoms with van der Waals surface area (Å²) in [4.78, 5) is 24.6. The molecule has 0 saturated heterocycles. The van der Waals surface area contributed by atoms with Crippen molar-refractivity contribution in [3.05, 3.63) is 63.7 Å². The van der Waals surface area contributed by atoms with Gasteiger partial charge in [0.25, 0.3) is 11.8 Å². The first-order valence-electron chi connectivity index (χ1n) is 6.48. The molecule has 3 N–H and O–H groups in total. The van der Waals surface area contributed by atoms with Crippen LogP contribution >= 0.6 is 22.7 Å². The average molecular weight is 328 g/mol. The van der Waals surface area contributed by atoms with E-state index in [1.807, 2.05) is 41.1 Å². The molecule has 0 aliphatic rings. The summed E-state index contributed by atoms with van der Waals surface area (Å²) in [6, 6.07) is 13.0. The zero-order valence-corrected chi connectivity index (χ0v) is 13.0. The van der Waals surface area contributed by atoms with E-state index in [0.29, 0.717) is 15.4 Å². The molecule has 6 heteroatoms. The maximum absolute atomic E-state index is 12.1. The first-order chi connectivity index (χ1) is 10.7. The molecular weight excluding hydrogens is 316 g/mol. The zero-order chi connectivity index (χ0) is 15.5. The van der Waals surface area contributed by atoms with E-state index >= 15 is 0 Å². The Labute approximate surface area is 135 Å². The number of anilines is 1. The van der Waals surface area contributed by atoms with E-state index < -0.39 is 5.91 Å². The van der Waals surface area contributed by atoms with Crippen LogP contribution in [0.15, 0.2) is 53.2 Å². The van der Waals surface area contributed by atoms with E-state index in [2.05, 4.69) is 5.32 Å². The Morgan fingerprint density at radius 1 is 1.00 bits per heavy atom. The molecule has 0 aliphatic carbocycles. The number of rotatable bonds is 4. The molecule has 0 radical (unpaired) electrons. The van der Waals surface area contributed by atoms with Gasteiger partial charge in [0.15, 0.2) is 0 Å². The molecule has 3 aromatic rings. The number of benzene rings is 1. The molecule has 22 heavy (non-hydrogen) atoms. The molecule has 0 atom stereocenters. The lowest BCUT2D eigenvalue weighted by Crippen LogP contribution is -2.16. The van der Waals surface area contributed by atoms with Gasteiger partial charge >= 0.3 is 0 Å². The number of carbonyl (C=O) groups is 2. The summed E-state index contributed by atoms with van der Waals surface area (Å²) in [5, 5.41) is 6.91. The summed E-state index contributed by atoms with van der Waals surface area (Å²) in [6.07, 6.45) is 0. The number of hydrogen-bond donors (Lipinski definition) is 2. The highest BCUT2D eigenvalue weighted by atomic mass is 32.1. The average Bonchev–Trinajstić information content (AvgIpc) is 3.17. The Hall–Kier alpha value is -2.44. The van der Waals surface area contributed by atoms with Crippen LogP contribution in [0.5, 0.6) is 0 Å². The quantitative estimate of drug-likeness (QED) is 0.764. The molecule has 3 rings (SSSR count). The van der Waals surface area contributed by atoms with Crippen LogP contribution in [-0.4, -0.2) is 11.8 Å². The molecule has 2 aromatic heterocycles. The van der Waals surface area contributed by atoms with Crippen molar-refractivity contribution in [3.63, 3.8) is 0 Å². The number of primary amides is 1. The predicted octanol–water partition coefficient (Wildman–Crippen LogP) is 3.83. The van der Waals surface area contributed by atoms with Crippen molar-refractivity contribution in [2.45, 2.75) is 0 Å². The van der Waals surface area contributed by atoms with E-state index in [-0.39, 0.29) is 5.91 Å². The normalized spacial score (nSPS) is 10.4. The standard InChI is InChI=1S/C16H12N2O2S2/c17-14(19)13-11(10-5-2-1-3-6-10)9-22-16(13)18-15(20)12-7-4-8-21-12/h1-9H,(H2,17,19)(H,18,20). The highest BCUT2D eigenvalue weighted by Gasteiger charge is 2.20. The highest BCUT2D eigenvalue weighted by Crippen LogP contribution is 2.35. The largest absolute Gasteiger partial charge is 0.365 e. The molecular formula is C16H12N2O2S2. The summed E-state index contributed by atoms with van der Waals surface area (Å²) in [5.74, 6) is -0.791. The second-order valence-corrected chi connectivity index (χ2v) is 6.34. The van der Waals surface area contributed by atoms with Gasteiger partial charge in [-0.05, 0) is 17.0 Å². The Morgan fingerprint density at radius 3 is 2.41 bits per heavy atom. The maximum Gasteiger partial charge on any atom is 0.266 e. The third-order valence-electron chi connectivity index (χ3n) is 3.09. The van der Waals surface area contributed by atoms with Gasteiger partial charge in [-0.2, -0.15) is 0 Å². The summed E-state index contributed by atoms with van der Waals surface area (Å²) in [6.45, 7) is 0. The van der Waals surface area contributed by atoms with Crippen molar-refractivity contribution in [1.29, 1.82) is 0 Å². The van der Waals surface area contributed by atoms with Crippen LogP contribution in [0.2, 0.25) is 0 Å². The van der Waals surface area contributed by atoms with Gasteiger partial charge in [-0.3, -0.25) is 9.59 Å².